The van der Waals surface area contributed by atoms with Gasteiger partial charge in [0.05, 0.1) is 15.6 Å². The molecular weight excluding hydrogens is 421 g/mol. The molecule has 2 amide bonds. The average Bonchev–Trinajstić information content (AvgIpc) is 3.46. The van der Waals surface area contributed by atoms with Crippen molar-refractivity contribution < 1.29 is 13.7 Å². The minimum absolute atomic E-state index is 0.249. The zero-order valence-electron chi connectivity index (χ0n) is 17.6. The topological polar surface area (TPSA) is 109 Å². The Kier molecular flexibility index (Phi) is 5.86. The van der Waals surface area contributed by atoms with Gasteiger partial charge in [0.25, 0.3) is 0 Å². The van der Waals surface area contributed by atoms with Gasteiger partial charge in [-0.15, -0.1) is 0 Å². The number of urea groups is 1. The van der Waals surface area contributed by atoms with Gasteiger partial charge in [-0.1, -0.05) is 22.6 Å². The number of carbonyl (C=O) groups excluding carboxylic acids is 1. The van der Waals surface area contributed by atoms with E-state index in [0.29, 0.717) is 23.9 Å². The van der Waals surface area contributed by atoms with Gasteiger partial charge in [0, 0.05) is 38.7 Å². The molecule has 0 saturated carbocycles. The van der Waals surface area contributed by atoms with Crippen LogP contribution < -0.4 is 10.6 Å². The van der Waals surface area contributed by atoms with Gasteiger partial charge in [0.1, 0.15) is 6.67 Å². The van der Waals surface area contributed by atoms with Crippen molar-refractivity contribution in [3.05, 3.63) is 35.5 Å². The first-order valence-electron chi connectivity index (χ1n) is 9.93. The highest BCUT2D eigenvalue weighted by Crippen LogP contribution is 2.30. The van der Waals surface area contributed by atoms with Crippen LogP contribution in [0.15, 0.2) is 27.8 Å². The Morgan fingerprint density at radius 1 is 1.39 bits per heavy atom. The summed E-state index contributed by atoms with van der Waals surface area (Å²) in [6.45, 7) is 3.95. The number of anilines is 1. The highest BCUT2D eigenvalue weighted by Gasteiger charge is 2.27. The number of thiazole rings is 1. The number of nitrogens with one attached hydrogen (secondary N) is 2. The first kappa shape index (κ1) is 21.2. The van der Waals surface area contributed by atoms with E-state index in [1.54, 1.807) is 13.8 Å². The second-order valence-electron chi connectivity index (χ2n) is 8.12. The molecule has 164 valence electrons. The maximum atomic E-state index is 13.0. The summed E-state index contributed by atoms with van der Waals surface area (Å²) in [6.07, 6.45) is 2.32. The fourth-order valence-corrected chi connectivity index (χ4v) is 4.02. The first-order chi connectivity index (χ1) is 14.8. The molecule has 1 aromatic carbocycles. The van der Waals surface area contributed by atoms with Crippen LogP contribution >= 0.6 is 11.3 Å². The average molecular weight is 446 g/mol. The van der Waals surface area contributed by atoms with E-state index >= 15 is 0 Å². The van der Waals surface area contributed by atoms with Gasteiger partial charge >= 0.3 is 6.03 Å². The normalized spacial score (nSPS) is 16.3. The van der Waals surface area contributed by atoms with Crippen molar-refractivity contribution in [3.63, 3.8) is 0 Å². The van der Waals surface area contributed by atoms with Crippen molar-refractivity contribution in [2.24, 2.45) is 5.10 Å². The summed E-state index contributed by atoms with van der Waals surface area (Å²) in [5.74, 6) is 0.932. The largest absolute Gasteiger partial charge is 0.339 e. The summed E-state index contributed by atoms with van der Waals surface area (Å²) in [5, 5.41) is 16.1. The Balaban J connectivity index is 1.31. The van der Waals surface area contributed by atoms with Crippen LogP contribution in [0.1, 0.15) is 37.0 Å². The highest BCUT2D eigenvalue weighted by molar-refractivity contribution is 7.22. The van der Waals surface area contributed by atoms with E-state index in [4.69, 9.17) is 4.52 Å². The molecule has 11 heteroatoms. The quantitative estimate of drug-likeness (QED) is 0.578. The molecule has 1 aliphatic rings. The molecule has 0 aliphatic carbocycles. The number of amides is 2. The summed E-state index contributed by atoms with van der Waals surface area (Å²) in [6, 6.07) is 5.74. The van der Waals surface area contributed by atoms with Gasteiger partial charge < -0.3 is 9.84 Å². The number of halogens is 1. The van der Waals surface area contributed by atoms with Crippen LogP contribution in [0.25, 0.3) is 10.2 Å². The number of aromatic nitrogens is 3. The van der Waals surface area contributed by atoms with E-state index in [1.165, 1.54) is 16.9 Å². The molecule has 0 fully saturated rings. The Labute approximate surface area is 182 Å². The van der Waals surface area contributed by atoms with Crippen LogP contribution in [0.4, 0.5) is 14.3 Å². The second kappa shape index (κ2) is 8.58. The minimum Gasteiger partial charge on any atom is -0.339 e. The minimum atomic E-state index is -0.816. The van der Waals surface area contributed by atoms with E-state index < -0.39 is 12.1 Å². The molecule has 3 heterocycles. The number of nitrogens with zero attached hydrogens (tertiary/aromatic N) is 5. The third-order valence-corrected chi connectivity index (χ3v) is 5.91. The monoisotopic (exact) mass is 445 g/mol. The third kappa shape index (κ3) is 4.82. The molecule has 1 atom stereocenters. The molecule has 0 radical (unpaired) electrons. The van der Waals surface area contributed by atoms with Gasteiger partial charge in [-0.05, 0) is 31.5 Å². The summed E-state index contributed by atoms with van der Waals surface area (Å²) in [4.78, 5) is 20.9. The Morgan fingerprint density at radius 2 is 2.23 bits per heavy atom. The van der Waals surface area contributed by atoms with Crippen LogP contribution in [-0.2, 0) is 11.8 Å². The van der Waals surface area contributed by atoms with Gasteiger partial charge in [0.2, 0.25) is 5.89 Å². The van der Waals surface area contributed by atoms with E-state index in [9.17, 15) is 9.18 Å². The first-order valence-corrected chi connectivity index (χ1v) is 10.8. The number of hydrogen-bond acceptors (Lipinski definition) is 8. The molecule has 0 spiro atoms. The van der Waals surface area contributed by atoms with Crippen LogP contribution in [0.2, 0.25) is 0 Å². The number of hydrogen-bond donors (Lipinski definition) is 2. The fourth-order valence-electron chi connectivity index (χ4n) is 3.11. The van der Waals surface area contributed by atoms with E-state index in [0.717, 1.165) is 16.8 Å². The number of alkyl halides is 1. The number of carbonyl (C=O) groups is 1. The number of hydrazone groups is 1. The van der Waals surface area contributed by atoms with Crippen molar-refractivity contribution in [2.75, 3.05) is 32.1 Å². The van der Waals surface area contributed by atoms with Crippen molar-refractivity contribution in [1.82, 2.24) is 25.5 Å². The number of benzene rings is 1. The summed E-state index contributed by atoms with van der Waals surface area (Å²) in [7, 11) is 1.95. The summed E-state index contributed by atoms with van der Waals surface area (Å²) >= 11 is 1.42. The maximum absolute atomic E-state index is 13.0. The predicted octanol–water partition coefficient (Wildman–Crippen LogP) is 3.31. The van der Waals surface area contributed by atoms with Gasteiger partial charge in [-0.25, -0.2) is 14.2 Å². The predicted molar refractivity (Wildman–Crippen MR) is 118 cm³/mol. The van der Waals surface area contributed by atoms with Gasteiger partial charge in [-0.2, -0.15) is 10.1 Å². The molecular formula is C20H24FN7O2S. The molecule has 1 unspecified atom stereocenters. The summed E-state index contributed by atoms with van der Waals surface area (Å²) < 4.78 is 19.1. The highest BCUT2D eigenvalue weighted by atomic mass is 32.1. The van der Waals surface area contributed by atoms with Crippen LogP contribution in [0, 0.1) is 0 Å². The number of fused-ring (bicyclic) bond motifs is 1. The molecule has 2 N–H and O–H groups in total. The molecule has 31 heavy (non-hydrogen) atoms. The fraction of sp³-hybridized carbons (Fsp3) is 0.450. The molecule has 0 saturated heterocycles. The lowest BCUT2D eigenvalue weighted by Crippen LogP contribution is -2.30. The van der Waals surface area contributed by atoms with Crippen LogP contribution in [0.3, 0.4) is 0 Å². The van der Waals surface area contributed by atoms with Crippen LogP contribution in [0.5, 0.6) is 0 Å². The zero-order chi connectivity index (χ0) is 22.0. The lowest BCUT2D eigenvalue weighted by Gasteiger charge is -2.13. The number of likely N-dealkylation sites (N-methyl/N-ethyl adjacent to an activating group) is 1. The standard InChI is InChI=1S/C20H24FN7O2S/c1-20(2,11-21)17-25-16(27-30-17)6-7-22-18(29)26-19-24-14-5-4-12(8-15(14)31-19)13-9-23-28(3)10-13/h4-5,8-9,13H,6-7,10-11H2,1-3H3,(H2,22,24,26,29). The van der Waals surface area contributed by atoms with Crippen molar-refractivity contribution in [1.29, 1.82) is 0 Å². The van der Waals surface area contributed by atoms with Crippen LogP contribution in [-0.4, -0.2) is 59.2 Å². The second-order valence-corrected chi connectivity index (χ2v) is 9.15. The molecule has 3 aromatic rings. The van der Waals surface area contributed by atoms with Gasteiger partial charge in [-0.3, -0.25) is 10.3 Å². The van der Waals surface area contributed by atoms with Gasteiger partial charge in [0.15, 0.2) is 11.0 Å². The Hall–Kier alpha value is -3.08. The third-order valence-electron chi connectivity index (χ3n) is 4.98. The maximum Gasteiger partial charge on any atom is 0.321 e. The molecule has 2 aromatic heterocycles. The summed E-state index contributed by atoms with van der Waals surface area (Å²) in [5.41, 5.74) is 1.20. The number of rotatable bonds is 7. The molecule has 9 nitrogen and oxygen atoms in total. The van der Waals surface area contributed by atoms with Crippen molar-refractivity contribution >= 4 is 38.9 Å². The lowest BCUT2D eigenvalue weighted by atomic mass is 9.96. The van der Waals surface area contributed by atoms with E-state index in [-0.39, 0.29) is 17.8 Å². The van der Waals surface area contributed by atoms with Crippen molar-refractivity contribution in [3.8, 4) is 0 Å². The van der Waals surface area contributed by atoms with E-state index in [1.807, 2.05) is 30.4 Å². The zero-order valence-corrected chi connectivity index (χ0v) is 18.4. The smallest absolute Gasteiger partial charge is 0.321 e. The van der Waals surface area contributed by atoms with E-state index in [2.05, 4.69) is 36.9 Å². The SMILES string of the molecule is CN1CC(c2ccc3nc(NC(=O)NCCc4noc(C(C)(C)CF)n4)sc3c2)C=N1. The molecule has 1 aliphatic heterocycles. The molecule has 0 bridgehead atoms. The molecule has 4 rings (SSSR count). The Bertz CT molecular complexity index is 1110. The lowest BCUT2D eigenvalue weighted by molar-refractivity contribution is 0.252. The van der Waals surface area contributed by atoms with Crippen molar-refractivity contribution in [2.45, 2.75) is 31.6 Å². The Morgan fingerprint density at radius 3 is 2.97 bits per heavy atom.